The molecule has 2 aliphatic carbocycles. The largest absolute Gasteiger partial charge is 0.309 e. The molecule has 0 aromatic carbocycles. The van der Waals surface area contributed by atoms with Crippen molar-refractivity contribution in [1.82, 2.24) is 5.32 Å². The lowest BCUT2D eigenvalue weighted by Gasteiger charge is -2.44. The predicted octanol–water partition coefficient (Wildman–Crippen LogP) is 0.338. The highest BCUT2D eigenvalue weighted by atomic mass is 32.2. The van der Waals surface area contributed by atoms with E-state index in [0.29, 0.717) is 23.5 Å². The summed E-state index contributed by atoms with van der Waals surface area (Å²) in [7, 11) is -2.66. The molecule has 3 rings (SSSR count). The highest BCUT2D eigenvalue weighted by Gasteiger charge is 2.44. The van der Waals surface area contributed by atoms with Gasteiger partial charge in [-0.25, -0.2) is 8.42 Å². The summed E-state index contributed by atoms with van der Waals surface area (Å²) in [5.41, 5.74) is 0. The molecular weight excluding hydrogens is 198 g/mol. The Bertz CT molecular complexity index is 362. The second-order valence-corrected chi connectivity index (χ2v) is 6.94. The van der Waals surface area contributed by atoms with Gasteiger partial charge in [0, 0.05) is 12.1 Å². The van der Waals surface area contributed by atoms with Gasteiger partial charge in [0.25, 0.3) is 0 Å². The van der Waals surface area contributed by atoms with Gasteiger partial charge >= 0.3 is 0 Å². The molecule has 1 saturated heterocycles. The molecule has 0 radical (unpaired) electrons. The summed E-state index contributed by atoms with van der Waals surface area (Å²) in [6.45, 7) is 0. The second kappa shape index (κ2) is 2.83. The van der Waals surface area contributed by atoms with Gasteiger partial charge in [-0.2, -0.15) is 0 Å². The number of hydrogen-bond acceptors (Lipinski definition) is 3. The molecule has 0 bridgehead atoms. The Balaban J connectivity index is 1.53. The van der Waals surface area contributed by atoms with Gasteiger partial charge in [-0.05, 0) is 24.7 Å². The number of sulfone groups is 1. The van der Waals surface area contributed by atoms with Crippen LogP contribution in [-0.4, -0.2) is 32.0 Å². The number of rotatable bonds is 2. The maximum atomic E-state index is 11.0. The molecule has 0 spiro atoms. The van der Waals surface area contributed by atoms with Crippen molar-refractivity contribution in [3.8, 4) is 0 Å². The fraction of sp³-hybridized carbons (Fsp3) is 0.800. The van der Waals surface area contributed by atoms with Crippen LogP contribution in [0.15, 0.2) is 12.2 Å². The molecule has 1 N–H and O–H groups in total. The number of hydrogen-bond donors (Lipinski definition) is 1. The zero-order chi connectivity index (χ0) is 9.76. The van der Waals surface area contributed by atoms with Crippen molar-refractivity contribution >= 4 is 9.84 Å². The third kappa shape index (κ3) is 1.32. The molecule has 4 heteroatoms. The van der Waals surface area contributed by atoms with Gasteiger partial charge in [-0.15, -0.1) is 0 Å². The second-order valence-electron chi connectivity index (χ2n) is 4.78. The summed E-state index contributed by atoms with van der Waals surface area (Å²) >= 11 is 0. The van der Waals surface area contributed by atoms with Crippen LogP contribution in [-0.2, 0) is 9.84 Å². The van der Waals surface area contributed by atoms with Gasteiger partial charge in [0.1, 0.15) is 0 Å². The van der Waals surface area contributed by atoms with Crippen LogP contribution in [0.4, 0.5) is 0 Å². The summed E-state index contributed by atoms with van der Waals surface area (Å²) in [6.07, 6.45) is 7.01. The Hall–Kier alpha value is -0.350. The normalized spacial score (nSPS) is 44.1. The summed E-state index contributed by atoms with van der Waals surface area (Å²) in [6, 6.07) is 0.791. The Morgan fingerprint density at radius 3 is 2.71 bits per heavy atom. The van der Waals surface area contributed by atoms with E-state index < -0.39 is 9.84 Å². The van der Waals surface area contributed by atoms with E-state index in [9.17, 15) is 8.42 Å². The SMILES string of the molecule is O=S1(=O)CC(NC2CC3CC=CC32)C1. The van der Waals surface area contributed by atoms with Crippen molar-refractivity contribution < 1.29 is 8.42 Å². The summed E-state index contributed by atoms with van der Waals surface area (Å²) < 4.78 is 21.9. The topological polar surface area (TPSA) is 46.2 Å². The molecule has 0 aromatic rings. The first kappa shape index (κ1) is 8.92. The van der Waals surface area contributed by atoms with Crippen LogP contribution >= 0.6 is 0 Å². The number of fused-ring (bicyclic) bond motifs is 1. The Labute approximate surface area is 84.5 Å². The Kier molecular flexibility index (Phi) is 1.80. The Morgan fingerprint density at radius 2 is 2.07 bits per heavy atom. The van der Waals surface area contributed by atoms with Crippen molar-refractivity contribution in [2.24, 2.45) is 11.8 Å². The molecule has 1 heterocycles. The van der Waals surface area contributed by atoms with E-state index in [-0.39, 0.29) is 6.04 Å². The standard InChI is InChI=1S/C10H15NO2S/c12-14(13)5-8(6-14)11-10-4-7-2-1-3-9(7)10/h1,3,7-11H,2,4-6H2. The number of allylic oxidation sites excluding steroid dienone is 1. The summed E-state index contributed by atoms with van der Waals surface area (Å²) in [5.74, 6) is 2.25. The molecule has 14 heavy (non-hydrogen) atoms. The van der Waals surface area contributed by atoms with Crippen molar-refractivity contribution in [2.75, 3.05) is 11.5 Å². The molecule has 1 aliphatic heterocycles. The van der Waals surface area contributed by atoms with Gasteiger partial charge in [0.15, 0.2) is 9.84 Å². The molecule has 0 aromatic heterocycles. The van der Waals surface area contributed by atoms with Crippen LogP contribution in [0.5, 0.6) is 0 Å². The van der Waals surface area contributed by atoms with Crippen molar-refractivity contribution in [1.29, 1.82) is 0 Å². The van der Waals surface area contributed by atoms with Crippen molar-refractivity contribution in [3.63, 3.8) is 0 Å². The molecule has 3 aliphatic rings. The van der Waals surface area contributed by atoms with E-state index in [2.05, 4.69) is 17.5 Å². The number of nitrogens with one attached hydrogen (secondary N) is 1. The maximum absolute atomic E-state index is 11.0. The van der Waals surface area contributed by atoms with Crippen LogP contribution in [0.3, 0.4) is 0 Å². The van der Waals surface area contributed by atoms with Gasteiger partial charge < -0.3 is 5.32 Å². The van der Waals surface area contributed by atoms with Crippen LogP contribution in [0.2, 0.25) is 0 Å². The van der Waals surface area contributed by atoms with E-state index in [4.69, 9.17) is 0 Å². The van der Waals surface area contributed by atoms with Crippen LogP contribution in [0.25, 0.3) is 0 Å². The molecule has 78 valence electrons. The van der Waals surface area contributed by atoms with Gasteiger partial charge in [0.2, 0.25) is 0 Å². The average molecular weight is 213 g/mol. The third-order valence-corrected chi connectivity index (χ3v) is 5.54. The lowest BCUT2D eigenvalue weighted by molar-refractivity contribution is 0.153. The molecule has 3 nitrogen and oxygen atoms in total. The zero-order valence-electron chi connectivity index (χ0n) is 8.02. The molecule has 3 unspecified atom stereocenters. The van der Waals surface area contributed by atoms with Gasteiger partial charge in [-0.1, -0.05) is 12.2 Å². The van der Waals surface area contributed by atoms with Crippen molar-refractivity contribution in [2.45, 2.75) is 24.9 Å². The van der Waals surface area contributed by atoms with Crippen molar-refractivity contribution in [3.05, 3.63) is 12.2 Å². The molecule has 2 fully saturated rings. The quantitative estimate of drug-likeness (QED) is 0.673. The van der Waals surface area contributed by atoms with E-state index in [0.717, 1.165) is 5.92 Å². The zero-order valence-corrected chi connectivity index (χ0v) is 8.83. The smallest absolute Gasteiger partial charge is 0.153 e. The average Bonchev–Trinajstić information content (AvgIpc) is 2.38. The van der Waals surface area contributed by atoms with E-state index >= 15 is 0 Å². The monoisotopic (exact) mass is 213 g/mol. The maximum Gasteiger partial charge on any atom is 0.153 e. The summed E-state index contributed by atoms with van der Waals surface area (Å²) in [5, 5.41) is 3.45. The minimum Gasteiger partial charge on any atom is -0.309 e. The lowest BCUT2D eigenvalue weighted by atomic mass is 9.71. The Morgan fingerprint density at radius 1 is 1.29 bits per heavy atom. The first-order valence-corrected chi connectivity index (χ1v) is 7.09. The first-order chi connectivity index (χ1) is 6.64. The fourth-order valence-electron chi connectivity index (χ4n) is 2.87. The molecule has 0 amide bonds. The molecule has 1 saturated carbocycles. The molecular formula is C10H15NO2S. The van der Waals surface area contributed by atoms with Crippen LogP contribution in [0, 0.1) is 11.8 Å². The first-order valence-electron chi connectivity index (χ1n) is 5.27. The predicted molar refractivity (Wildman–Crippen MR) is 54.7 cm³/mol. The third-order valence-electron chi connectivity index (χ3n) is 3.72. The van der Waals surface area contributed by atoms with Gasteiger partial charge in [0.05, 0.1) is 11.5 Å². The van der Waals surface area contributed by atoms with Gasteiger partial charge in [-0.3, -0.25) is 0 Å². The minimum atomic E-state index is -2.66. The van der Waals surface area contributed by atoms with Crippen LogP contribution < -0.4 is 5.32 Å². The van der Waals surface area contributed by atoms with E-state index in [1.54, 1.807) is 0 Å². The van der Waals surface area contributed by atoms with E-state index in [1.165, 1.54) is 12.8 Å². The molecule has 3 atom stereocenters. The van der Waals surface area contributed by atoms with E-state index in [1.807, 2.05) is 0 Å². The highest BCUT2D eigenvalue weighted by Crippen LogP contribution is 2.43. The highest BCUT2D eigenvalue weighted by molar-refractivity contribution is 7.92. The van der Waals surface area contributed by atoms with Crippen LogP contribution in [0.1, 0.15) is 12.8 Å². The minimum absolute atomic E-state index is 0.236. The summed E-state index contributed by atoms with van der Waals surface area (Å²) in [4.78, 5) is 0. The fourth-order valence-corrected chi connectivity index (χ4v) is 4.19. The lowest BCUT2D eigenvalue weighted by Crippen LogP contribution is -2.59.